The quantitative estimate of drug-likeness (QED) is 0.526. The summed E-state index contributed by atoms with van der Waals surface area (Å²) in [7, 11) is 0. The fraction of sp³-hybridized carbons (Fsp3) is 0.667. The van der Waals surface area contributed by atoms with Crippen LogP contribution in [0.2, 0.25) is 0 Å². The highest BCUT2D eigenvalue weighted by Crippen LogP contribution is 2.22. The molecule has 2 atom stereocenters. The summed E-state index contributed by atoms with van der Waals surface area (Å²) < 4.78 is 0. The van der Waals surface area contributed by atoms with E-state index in [0.29, 0.717) is 12.0 Å². The zero-order chi connectivity index (χ0) is 7.56. The van der Waals surface area contributed by atoms with E-state index in [1.807, 2.05) is 6.21 Å². The number of hydrogen-bond acceptors (Lipinski definition) is 1. The van der Waals surface area contributed by atoms with Gasteiger partial charge in [0.1, 0.15) is 0 Å². The van der Waals surface area contributed by atoms with E-state index in [0.717, 1.165) is 6.42 Å². The fourth-order valence-electron chi connectivity index (χ4n) is 1.31. The third-order valence-corrected chi connectivity index (χ3v) is 2.33. The van der Waals surface area contributed by atoms with Crippen molar-refractivity contribution >= 4 is 6.21 Å². The van der Waals surface area contributed by atoms with Gasteiger partial charge in [-0.25, -0.2) is 0 Å². The van der Waals surface area contributed by atoms with Crippen molar-refractivity contribution in [3.8, 4) is 0 Å². The van der Waals surface area contributed by atoms with Gasteiger partial charge in [-0.05, 0) is 25.3 Å². The third kappa shape index (κ3) is 1.28. The second-order valence-electron chi connectivity index (χ2n) is 2.92. The minimum Gasteiger partial charge on any atom is -0.290 e. The predicted molar refractivity (Wildman–Crippen MR) is 45.5 cm³/mol. The Morgan fingerprint density at radius 1 is 1.50 bits per heavy atom. The lowest BCUT2D eigenvalue weighted by Crippen LogP contribution is -2.17. The Bertz CT molecular complexity index is 168. The highest BCUT2D eigenvalue weighted by Gasteiger charge is 2.15. The molecule has 0 aromatic heterocycles. The normalized spacial score (nSPS) is 32.1. The summed E-state index contributed by atoms with van der Waals surface area (Å²) in [5, 5.41) is 0. The summed E-state index contributed by atoms with van der Waals surface area (Å²) in [4.78, 5) is 4.31. The average molecular weight is 137 g/mol. The summed E-state index contributed by atoms with van der Waals surface area (Å²) in [6.45, 7) is 6.62. The van der Waals surface area contributed by atoms with Gasteiger partial charge in [0, 0.05) is 6.21 Å². The van der Waals surface area contributed by atoms with Crippen LogP contribution >= 0.6 is 0 Å². The lowest BCUT2D eigenvalue weighted by molar-refractivity contribution is 0.538. The highest BCUT2D eigenvalue weighted by atomic mass is 14.8. The molecule has 0 radical (unpaired) electrons. The minimum atomic E-state index is 0.486. The van der Waals surface area contributed by atoms with Gasteiger partial charge in [-0.3, -0.25) is 4.99 Å². The Balaban J connectivity index is 2.71. The van der Waals surface area contributed by atoms with E-state index in [2.05, 4.69) is 31.8 Å². The summed E-state index contributed by atoms with van der Waals surface area (Å²) in [5.41, 5.74) is 1.53. The highest BCUT2D eigenvalue weighted by molar-refractivity contribution is 5.73. The van der Waals surface area contributed by atoms with Gasteiger partial charge < -0.3 is 0 Å². The van der Waals surface area contributed by atoms with Crippen LogP contribution in [-0.2, 0) is 0 Å². The van der Waals surface area contributed by atoms with Gasteiger partial charge in [-0.15, -0.1) is 0 Å². The topological polar surface area (TPSA) is 12.4 Å². The molecule has 56 valence electrons. The number of nitrogens with zero attached hydrogens (tertiary/aromatic N) is 1. The minimum absolute atomic E-state index is 0.486. The number of allylic oxidation sites excluding steroid dienone is 1. The van der Waals surface area contributed by atoms with Crippen LogP contribution in [0.25, 0.3) is 0 Å². The Kier molecular flexibility index (Phi) is 2.25. The molecule has 0 amide bonds. The molecule has 0 saturated carbocycles. The molecule has 1 aliphatic rings. The van der Waals surface area contributed by atoms with Gasteiger partial charge >= 0.3 is 0 Å². The van der Waals surface area contributed by atoms with Gasteiger partial charge in [0.15, 0.2) is 0 Å². The smallest absolute Gasteiger partial charge is 0.0534 e. The van der Waals surface area contributed by atoms with Crippen molar-refractivity contribution in [3.63, 3.8) is 0 Å². The number of hydrogen-bond donors (Lipinski definition) is 0. The van der Waals surface area contributed by atoms with Crippen LogP contribution in [-0.4, -0.2) is 12.3 Å². The van der Waals surface area contributed by atoms with Gasteiger partial charge in [0.25, 0.3) is 0 Å². The molecule has 1 aliphatic heterocycles. The van der Waals surface area contributed by atoms with Gasteiger partial charge in [-0.2, -0.15) is 0 Å². The largest absolute Gasteiger partial charge is 0.290 e. The molecule has 0 bridgehead atoms. The molecule has 0 saturated heterocycles. The molecule has 0 N–H and O–H groups in total. The Labute approximate surface area is 62.9 Å². The molecule has 2 unspecified atom stereocenters. The van der Waals surface area contributed by atoms with Gasteiger partial charge in [-0.1, -0.05) is 19.4 Å². The number of aliphatic imine (C=N–C) groups is 1. The lowest BCUT2D eigenvalue weighted by atomic mass is 9.91. The summed E-state index contributed by atoms with van der Waals surface area (Å²) in [5.74, 6) is 0.648. The number of dihydropyridines is 1. The van der Waals surface area contributed by atoms with E-state index < -0.39 is 0 Å². The van der Waals surface area contributed by atoms with Crippen LogP contribution in [0.4, 0.5) is 0 Å². The summed E-state index contributed by atoms with van der Waals surface area (Å²) in [6, 6.07) is 0.486. The van der Waals surface area contributed by atoms with Crippen molar-refractivity contribution < 1.29 is 0 Å². The molecular weight excluding hydrogens is 122 g/mol. The number of rotatable bonds is 1. The first-order valence-corrected chi connectivity index (χ1v) is 3.98. The van der Waals surface area contributed by atoms with Crippen molar-refractivity contribution in [3.05, 3.63) is 11.6 Å². The van der Waals surface area contributed by atoms with Gasteiger partial charge in [0.05, 0.1) is 6.04 Å². The molecule has 0 aliphatic carbocycles. The van der Waals surface area contributed by atoms with E-state index >= 15 is 0 Å². The maximum atomic E-state index is 4.31. The van der Waals surface area contributed by atoms with Crippen LogP contribution in [0.5, 0.6) is 0 Å². The monoisotopic (exact) mass is 137 g/mol. The maximum absolute atomic E-state index is 4.31. The molecule has 0 aromatic rings. The SMILES string of the molecule is CCC1=CC=NC(C)C1C. The van der Waals surface area contributed by atoms with Gasteiger partial charge in [0.2, 0.25) is 0 Å². The Morgan fingerprint density at radius 2 is 2.20 bits per heavy atom. The Hall–Kier alpha value is -0.590. The first kappa shape index (κ1) is 7.52. The molecule has 0 aromatic carbocycles. The van der Waals surface area contributed by atoms with Crippen molar-refractivity contribution in [1.82, 2.24) is 0 Å². The molecule has 1 heteroatoms. The molecular formula is C9H15N. The van der Waals surface area contributed by atoms with Crippen molar-refractivity contribution in [2.45, 2.75) is 33.2 Å². The van der Waals surface area contributed by atoms with E-state index in [9.17, 15) is 0 Å². The summed E-state index contributed by atoms with van der Waals surface area (Å²) >= 11 is 0. The van der Waals surface area contributed by atoms with E-state index in [1.165, 1.54) is 5.57 Å². The lowest BCUT2D eigenvalue weighted by Gasteiger charge is -2.21. The summed E-state index contributed by atoms with van der Waals surface area (Å²) in [6.07, 6.45) is 5.24. The first-order valence-electron chi connectivity index (χ1n) is 3.98. The van der Waals surface area contributed by atoms with E-state index in [4.69, 9.17) is 0 Å². The van der Waals surface area contributed by atoms with Crippen LogP contribution in [0.1, 0.15) is 27.2 Å². The molecule has 1 heterocycles. The van der Waals surface area contributed by atoms with Crippen LogP contribution in [0.3, 0.4) is 0 Å². The standard InChI is InChI=1S/C9H15N/c1-4-9-5-6-10-8(3)7(9)2/h5-8H,4H2,1-3H3. The fourth-order valence-corrected chi connectivity index (χ4v) is 1.31. The van der Waals surface area contributed by atoms with Crippen molar-refractivity contribution in [1.29, 1.82) is 0 Å². The van der Waals surface area contributed by atoms with Crippen LogP contribution in [0, 0.1) is 5.92 Å². The second-order valence-corrected chi connectivity index (χ2v) is 2.92. The van der Waals surface area contributed by atoms with Crippen LogP contribution < -0.4 is 0 Å². The Morgan fingerprint density at radius 3 is 2.70 bits per heavy atom. The predicted octanol–water partition coefficient (Wildman–Crippen LogP) is 2.43. The third-order valence-electron chi connectivity index (χ3n) is 2.33. The first-order chi connectivity index (χ1) is 4.75. The molecule has 1 rings (SSSR count). The maximum Gasteiger partial charge on any atom is 0.0534 e. The molecule has 10 heavy (non-hydrogen) atoms. The second kappa shape index (κ2) is 3.00. The van der Waals surface area contributed by atoms with E-state index in [1.54, 1.807) is 0 Å². The molecule has 0 fully saturated rings. The van der Waals surface area contributed by atoms with Crippen molar-refractivity contribution in [2.75, 3.05) is 0 Å². The zero-order valence-corrected chi connectivity index (χ0v) is 6.96. The molecule has 0 spiro atoms. The zero-order valence-electron chi connectivity index (χ0n) is 6.96. The average Bonchev–Trinajstić information content (AvgIpc) is 1.95. The molecule has 1 nitrogen and oxygen atoms in total. The van der Waals surface area contributed by atoms with E-state index in [-0.39, 0.29) is 0 Å². The van der Waals surface area contributed by atoms with Crippen molar-refractivity contribution in [2.24, 2.45) is 10.9 Å². The van der Waals surface area contributed by atoms with Crippen LogP contribution in [0.15, 0.2) is 16.6 Å².